The van der Waals surface area contributed by atoms with E-state index in [2.05, 4.69) is 21.0 Å². The third kappa shape index (κ3) is 3.24. The Labute approximate surface area is 174 Å². The molecule has 0 radical (unpaired) electrons. The topological polar surface area (TPSA) is 81.8 Å². The number of rotatable bonds is 5. The van der Waals surface area contributed by atoms with Gasteiger partial charge in [0.2, 0.25) is 5.95 Å². The standard InChI is InChI=1S/C25H20N4O/c26-25-28-22(17-8-2-1-3-9-17)21-23(29-25)20-15-16(12-13-19(20)24(21)30)7-6-11-18-10-4-5-14-27-18/h1-5,8-10,12-15H,6-7,11H2,(H2,26,28,29). The Hall–Kier alpha value is -3.86. The second-order valence-electron chi connectivity index (χ2n) is 7.40. The molecule has 30 heavy (non-hydrogen) atoms. The normalized spacial score (nSPS) is 11.9. The van der Waals surface area contributed by atoms with E-state index in [1.807, 2.05) is 66.9 Å². The summed E-state index contributed by atoms with van der Waals surface area (Å²) in [7, 11) is 0. The Kier molecular flexibility index (Phi) is 4.56. The number of hydrogen-bond acceptors (Lipinski definition) is 5. The maximum Gasteiger partial charge on any atom is 0.221 e. The molecule has 146 valence electrons. The highest BCUT2D eigenvalue weighted by atomic mass is 16.1. The molecule has 0 bridgehead atoms. The fourth-order valence-corrected chi connectivity index (χ4v) is 3.99. The number of nitrogen functional groups attached to an aromatic ring is 1. The summed E-state index contributed by atoms with van der Waals surface area (Å²) in [6.07, 6.45) is 4.62. The quantitative estimate of drug-likeness (QED) is 0.476. The van der Waals surface area contributed by atoms with Gasteiger partial charge < -0.3 is 5.73 Å². The molecule has 1 aliphatic carbocycles. The van der Waals surface area contributed by atoms with Crippen LogP contribution in [0.5, 0.6) is 0 Å². The molecule has 2 aromatic heterocycles. The number of benzene rings is 2. The first kappa shape index (κ1) is 18.2. The number of anilines is 1. The number of hydrogen-bond donors (Lipinski definition) is 1. The zero-order valence-corrected chi connectivity index (χ0v) is 16.4. The summed E-state index contributed by atoms with van der Waals surface area (Å²) in [5.41, 5.74) is 12.4. The maximum absolute atomic E-state index is 13.2. The molecule has 0 saturated carbocycles. The van der Waals surface area contributed by atoms with Crippen LogP contribution in [0.1, 0.15) is 33.6 Å². The Bertz CT molecular complexity index is 1240. The first-order chi connectivity index (χ1) is 14.7. The molecule has 0 amide bonds. The van der Waals surface area contributed by atoms with Crippen LogP contribution in [0.2, 0.25) is 0 Å². The average Bonchev–Trinajstić information content (AvgIpc) is 3.06. The molecule has 0 aliphatic heterocycles. The van der Waals surface area contributed by atoms with Gasteiger partial charge in [0.1, 0.15) is 0 Å². The third-order valence-corrected chi connectivity index (χ3v) is 5.41. The molecule has 2 aromatic carbocycles. The lowest BCUT2D eigenvalue weighted by Crippen LogP contribution is -2.05. The van der Waals surface area contributed by atoms with Gasteiger partial charge in [-0.05, 0) is 43.0 Å². The number of aromatic nitrogens is 3. The van der Waals surface area contributed by atoms with E-state index in [4.69, 9.17) is 5.73 Å². The summed E-state index contributed by atoms with van der Waals surface area (Å²) in [5, 5.41) is 0. The van der Waals surface area contributed by atoms with E-state index in [9.17, 15) is 4.79 Å². The number of nitrogens with two attached hydrogens (primary N) is 1. The first-order valence-corrected chi connectivity index (χ1v) is 10.0. The van der Waals surface area contributed by atoms with Gasteiger partial charge in [-0.3, -0.25) is 9.78 Å². The molecular weight excluding hydrogens is 372 g/mol. The Morgan fingerprint density at radius 3 is 2.40 bits per heavy atom. The summed E-state index contributed by atoms with van der Waals surface area (Å²) in [6.45, 7) is 0. The zero-order chi connectivity index (χ0) is 20.5. The van der Waals surface area contributed by atoms with Crippen LogP contribution in [0, 0.1) is 0 Å². The lowest BCUT2D eigenvalue weighted by atomic mass is 10.0. The van der Waals surface area contributed by atoms with Crippen LogP contribution in [-0.4, -0.2) is 20.7 Å². The van der Waals surface area contributed by atoms with Crippen LogP contribution in [0.3, 0.4) is 0 Å². The van der Waals surface area contributed by atoms with Crippen molar-refractivity contribution in [3.63, 3.8) is 0 Å². The highest BCUT2D eigenvalue weighted by Crippen LogP contribution is 2.40. The molecule has 2 N–H and O–H groups in total. The van der Waals surface area contributed by atoms with Crippen molar-refractivity contribution in [2.24, 2.45) is 0 Å². The van der Waals surface area contributed by atoms with Crippen LogP contribution in [0.4, 0.5) is 5.95 Å². The number of fused-ring (bicyclic) bond motifs is 3. The van der Waals surface area contributed by atoms with E-state index in [1.54, 1.807) is 0 Å². The first-order valence-electron chi connectivity index (χ1n) is 10.0. The predicted octanol–water partition coefficient (Wildman–Crippen LogP) is 4.51. The van der Waals surface area contributed by atoms with Crippen molar-refractivity contribution in [1.29, 1.82) is 0 Å². The fourth-order valence-electron chi connectivity index (χ4n) is 3.99. The van der Waals surface area contributed by atoms with Gasteiger partial charge >= 0.3 is 0 Å². The van der Waals surface area contributed by atoms with Gasteiger partial charge in [-0.2, -0.15) is 0 Å². The average molecular weight is 392 g/mol. The largest absolute Gasteiger partial charge is 0.368 e. The molecule has 5 nitrogen and oxygen atoms in total. The lowest BCUT2D eigenvalue weighted by molar-refractivity contribution is 0.104. The van der Waals surface area contributed by atoms with Gasteiger partial charge in [-0.25, -0.2) is 9.97 Å². The van der Waals surface area contributed by atoms with E-state index in [1.165, 1.54) is 5.56 Å². The van der Waals surface area contributed by atoms with Crippen LogP contribution in [0.15, 0.2) is 72.9 Å². The second-order valence-corrected chi connectivity index (χ2v) is 7.40. The maximum atomic E-state index is 13.2. The van der Waals surface area contributed by atoms with Crippen molar-refractivity contribution in [2.75, 3.05) is 5.73 Å². The number of pyridine rings is 1. The van der Waals surface area contributed by atoms with Crippen molar-refractivity contribution in [3.05, 3.63) is 95.3 Å². The Balaban J connectivity index is 1.48. The second kappa shape index (κ2) is 7.52. The monoisotopic (exact) mass is 392 g/mol. The summed E-state index contributed by atoms with van der Waals surface area (Å²) < 4.78 is 0. The van der Waals surface area contributed by atoms with Gasteiger partial charge in [-0.1, -0.05) is 48.5 Å². The minimum atomic E-state index is -0.0427. The van der Waals surface area contributed by atoms with Gasteiger partial charge in [-0.15, -0.1) is 0 Å². The van der Waals surface area contributed by atoms with E-state index < -0.39 is 0 Å². The van der Waals surface area contributed by atoms with Gasteiger partial charge in [0.25, 0.3) is 0 Å². The summed E-state index contributed by atoms with van der Waals surface area (Å²) in [5.74, 6) is 0.132. The zero-order valence-electron chi connectivity index (χ0n) is 16.4. The van der Waals surface area contributed by atoms with Crippen LogP contribution >= 0.6 is 0 Å². The molecule has 5 rings (SSSR count). The molecule has 1 aliphatic rings. The molecule has 4 aromatic rings. The molecule has 5 heteroatoms. The number of aryl methyl sites for hydroxylation is 2. The number of carbonyl (C=O) groups is 1. The third-order valence-electron chi connectivity index (χ3n) is 5.41. The minimum absolute atomic E-state index is 0.0427. The minimum Gasteiger partial charge on any atom is -0.368 e. The summed E-state index contributed by atoms with van der Waals surface area (Å²) >= 11 is 0. The fraction of sp³-hybridized carbons (Fsp3) is 0.120. The highest BCUT2D eigenvalue weighted by Gasteiger charge is 2.32. The molecule has 0 saturated heterocycles. The number of carbonyl (C=O) groups excluding carboxylic acids is 1. The van der Waals surface area contributed by atoms with Crippen molar-refractivity contribution >= 4 is 11.7 Å². The van der Waals surface area contributed by atoms with Crippen LogP contribution in [0.25, 0.3) is 22.5 Å². The highest BCUT2D eigenvalue weighted by molar-refractivity contribution is 6.23. The summed E-state index contributed by atoms with van der Waals surface area (Å²) in [4.78, 5) is 26.4. The van der Waals surface area contributed by atoms with Crippen LogP contribution in [-0.2, 0) is 12.8 Å². The number of nitrogens with zero attached hydrogens (tertiary/aromatic N) is 3. The van der Waals surface area contributed by atoms with Crippen LogP contribution < -0.4 is 5.73 Å². The van der Waals surface area contributed by atoms with Gasteiger partial charge in [0.05, 0.1) is 17.0 Å². The smallest absolute Gasteiger partial charge is 0.221 e. The van der Waals surface area contributed by atoms with E-state index >= 15 is 0 Å². The molecule has 0 fully saturated rings. The molecule has 0 atom stereocenters. The molecule has 2 heterocycles. The number of ketones is 1. The lowest BCUT2D eigenvalue weighted by Gasteiger charge is -2.08. The van der Waals surface area contributed by atoms with Gasteiger partial charge in [0, 0.05) is 28.6 Å². The SMILES string of the molecule is Nc1nc(-c2ccccc2)c2c(n1)-c1cc(CCCc3ccccn3)ccc1C2=O. The Morgan fingerprint density at radius 1 is 0.800 bits per heavy atom. The molecule has 0 unspecified atom stereocenters. The van der Waals surface area contributed by atoms with Crippen molar-refractivity contribution < 1.29 is 4.79 Å². The van der Waals surface area contributed by atoms with E-state index in [0.717, 1.165) is 36.1 Å². The van der Waals surface area contributed by atoms with E-state index in [0.29, 0.717) is 22.5 Å². The molecular formula is C25H20N4O. The Morgan fingerprint density at radius 2 is 1.60 bits per heavy atom. The van der Waals surface area contributed by atoms with Crippen molar-refractivity contribution in [3.8, 4) is 22.5 Å². The predicted molar refractivity (Wildman–Crippen MR) is 117 cm³/mol. The van der Waals surface area contributed by atoms with Gasteiger partial charge in [0.15, 0.2) is 5.78 Å². The van der Waals surface area contributed by atoms with E-state index in [-0.39, 0.29) is 11.7 Å². The van der Waals surface area contributed by atoms with Crippen molar-refractivity contribution in [2.45, 2.75) is 19.3 Å². The van der Waals surface area contributed by atoms with Crippen molar-refractivity contribution in [1.82, 2.24) is 15.0 Å². The molecule has 0 spiro atoms. The summed E-state index contributed by atoms with van der Waals surface area (Å²) in [6, 6.07) is 21.6.